The van der Waals surface area contributed by atoms with Gasteiger partial charge in [0.1, 0.15) is 18.0 Å². The molecular formula is C19H26N4O. The van der Waals surface area contributed by atoms with E-state index in [2.05, 4.69) is 63.5 Å². The van der Waals surface area contributed by atoms with Crippen molar-refractivity contribution in [3.63, 3.8) is 0 Å². The zero-order valence-corrected chi connectivity index (χ0v) is 14.3. The first-order chi connectivity index (χ1) is 11.8. The molecule has 1 unspecified atom stereocenters. The Balaban J connectivity index is 1.67. The van der Waals surface area contributed by atoms with Crippen molar-refractivity contribution < 1.29 is 4.74 Å². The van der Waals surface area contributed by atoms with E-state index in [9.17, 15) is 0 Å². The SMILES string of the molecule is CCCC(Cc1ccccc1)Nc1cc(N2CCOCC2)ncn1. The summed E-state index contributed by atoms with van der Waals surface area (Å²) in [5.74, 6) is 1.88. The van der Waals surface area contributed by atoms with Crippen molar-refractivity contribution in [2.75, 3.05) is 36.5 Å². The fourth-order valence-electron chi connectivity index (χ4n) is 3.07. The van der Waals surface area contributed by atoms with Gasteiger partial charge >= 0.3 is 0 Å². The Morgan fingerprint density at radius 1 is 1.17 bits per heavy atom. The van der Waals surface area contributed by atoms with E-state index in [0.29, 0.717) is 6.04 Å². The fourth-order valence-corrected chi connectivity index (χ4v) is 3.07. The maximum absolute atomic E-state index is 5.41. The summed E-state index contributed by atoms with van der Waals surface area (Å²) in [7, 11) is 0. The molecule has 1 aliphatic heterocycles. The number of nitrogens with zero attached hydrogens (tertiary/aromatic N) is 3. The third-order valence-corrected chi connectivity index (χ3v) is 4.30. The van der Waals surface area contributed by atoms with Crippen molar-refractivity contribution >= 4 is 11.6 Å². The molecule has 1 saturated heterocycles. The third kappa shape index (κ3) is 4.68. The van der Waals surface area contributed by atoms with Crippen molar-refractivity contribution in [3.8, 4) is 0 Å². The van der Waals surface area contributed by atoms with Gasteiger partial charge in [0, 0.05) is 25.2 Å². The Labute approximate surface area is 144 Å². The Kier molecular flexibility index (Phi) is 6.01. The van der Waals surface area contributed by atoms with Crippen LogP contribution >= 0.6 is 0 Å². The van der Waals surface area contributed by atoms with Gasteiger partial charge in [-0.1, -0.05) is 43.7 Å². The van der Waals surface area contributed by atoms with Gasteiger partial charge in [0.15, 0.2) is 0 Å². The normalized spacial score (nSPS) is 16.0. The molecule has 1 N–H and O–H groups in total. The van der Waals surface area contributed by atoms with Crippen LogP contribution < -0.4 is 10.2 Å². The van der Waals surface area contributed by atoms with E-state index in [-0.39, 0.29) is 0 Å². The third-order valence-electron chi connectivity index (χ3n) is 4.30. The van der Waals surface area contributed by atoms with Crippen LogP contribution in [0.3, 0.4) is 0 Å². The minimum absolute atomic E-state index is 0.379. The molecule has 1 aromatic carbocycles. The molecule has 2 heterocycles. The topological polar surface area (TPSA) is 50.3 Å². The molecule has 3 rings (SSSR count). The molecule has 1 aliphatic rings. The number of hydrogen-bond acceptors (Lipinski definition) is 5. The highest BCUT2D eigenvalue weighted by Crippen LogP contribution is 2.18. The van der Waals surface area contributed by atoms with Crippen LogP contribution in [-0.4, -0.2) is 42.3 Å². The van der Waals surface area contributed by atoms with Gasteiger partial charge in [-0.15, -0.1) is 0 Å². The Morgan fingerprint density at radius 3 is 2.71 bits per heavy atom. The summed E-state index contributed by atoms with van der Waals surface area (Å²) in [5.41, 5.74) is 1.35. The van der Waals surface area contributed by atoms with Gasteiger partial charge in [-0.2, -0.15) is 0 Å². The number of hydrogen-bond donors (Lipinski definition) is 1. The van der Waals surface area contributed by atoms with Crippen LogP contribution in [0.25, 0.3) is 0 Å². The van der Waals surface area contributed by atoms with Gasteiger partial charge in [0.05, 0.1) is 13.2 Å². The summed E-state index contributed by atoms with van der Waals surface area (Å²) < 4.78 is 5.41. The minimum Gasteiger partial charge on any atom is -0.378 e. The first-order valence-electron chi connectivity index (χ1n) is 8.80. The standard InChI is InChI=1S/C19H26N4O/c1-2-6-17(13-16-7-4-3-5-8-16)22-18-14-19(21-15-20-18)23-9-11-24-12-10-23/h3-5,7-8,14-15,17H,2,6,9-13H2,1H3,(H,20,21,22). The van der Waals surface area contributed by atoms with E-state index in [1.165, 1.54) is 5.56 Å². The van der Waals surface area contributed by atoms with Gasteiger partial charge in [0.2, 0.25) is 0 Å². The lowest BCUT2D eigenvalue weighted by molar-refractivity contribution is 0.122. The number of benzene rings is 1. The lowest BCUT2D eigenvalue weighted by Gasteiger charge is -2.28. The van der Waals surface area contributed by atoms with Crippen molar-refractivity contribution in [2.45, 2.75) is 32.2 Å². The van der Waals surface area contributed by atoms with E-state index < -0.39 is 0 Å². The van der Waals surface area contributed by atoms with Crippen LogP contribution in [0, 0.1) is 0 Å². The first kappa shape index (κ1) is 16.7. The molecule has 5 nitrogen and oxygen atoms in total. The maximum atomic E-state index is 5.41. The highest BCUT2D eigenvalue weighted by Gasteiger charge is 2.14. The summed E-state index contributed by atoms with van der Waals surface area (Å²) in [5, 5.41) is 3.60. The molecule has 1 atom stereocenters. The maximum Gasteiger partial charge on any atom is 0.134 e. The first-order valence-corrected chi connectivity index (χ1v) is 8.80. The lowest BCUT2D eigenvalue weighted by atomic mass is 10.0. The van der Waals surface area contributed by atoms with E-state index in [4.69, 9.17) is 4.74 Å². The number of rotatable bonds is 7. The zero-order chi connectivity index (χ0) is 16.6. The van der Waals surface area contributed by atoms with Crippen molar-refractivity contribution in [1.82, 2.24) is 9.97 Å². The number of ether oxygens (including phenoxy) is 1. The fraction of sp³-hybridized carbons (Fsp3) is 0.474. The van der Waals surface area contributed by atoms with Gasteiger partial charge in [0.25, 0.3) is 0 Å². The number of nitrogens with one attached hydrogen (secondary N) is 1. The Hall–Kier alpha value is -2.14. The molecule has 128 valence electrons. The van der Waals surface area contributed by atoms with Crippen LogP contribution in [-0.2, 0) is 11.2 Å². The van der Waals surface area contributed by atoms with Gasteiger partial charge in [-0.05, 0) is 18.4 Å². The molecule has 2 aromatic rings. The highest BCUT2D eigenvalue weighted by atomic mass is 16.5. The largest absolute Gasteiger partial charge is 0.378 e. The van der Waals surface area contributed by atoms with Crippen LogP contribution in [0.15, 0.2) is 42.7 Å². The van der Waals surface area contributed by atoms with E-state index in [1.807, 2.05) is 0 Å². The molecule has 0 spiro atoms. The monoisotopic (exact) mass is 326 g/mol. The van der Waals surface area contributed by atoms with Crippen molar-refractivity contribution in [2.24, 2.45) is 0 Å². The van der Waals surface area contributed by atoms with Crippen LogP contribution in [0.2, 0.25) is 0 Å². The zero-order valence-electron chi connectivity index (χ0n) is 14.3. The van der Waals surface area contributed by atoms with Gasteiger partial charge in [-0.3, -0.25) is 0 Å². The smallest absolute Gasteiger partial charge is 0.134 e. The molecule has 0 bridgehead atoms. The highest BCUT2D eigenvalue weighted by molar-refractivity contribution is 5.49. The summed E-state index contributed by atoms with van der Waals surface area (Å²) in [6, 6.07) is 13.1. The molecule has 1 aromatic heterocycles. The molecule has 1 fully saturated rings. The average molecular weight is 326 g/mol. The molecule has 0 aliphatic carbocycles. The molecular weight excluding hydrogens is 300 g/mol. The van der Waals surface area contributed by atoms with Crippen LogP contribution in [0.5, 0.6) is 0 Å². The quantitative estimate of drug-likeness (QED) is 0.847. The molecule has 24 heavy (non-hydrogen) atoms. The van der Waals surface area contributed by atoms with Crippen LogP contribution in [0.4, 0.5) is 11.6 Å². The minimum atomic E-state index is 0.379. The second kappa shape index (κ2) is 8.64. The van der Waals surface area contributed by atoms with Gasteiger partial charge in [-0.25, -0.2) is 9.97 Å². The van der Waals surface area contributed by atoms with E-state index >= 15 is 0 Å². The summed E-state index contributed by atoms with van der Waals surface area (Å²) in [4.78, 5) is 11.1. The van der Waals surface area contributed by atoms with Crippen LogP contribution in [0.1, 0.15) is 25.3 Å². The number of morpholine rings is 1. The average Bonchev–Trinajstić information content (AvgIpc) is 2.64. The predicted octanol–water partition coefficient (Wildman–Crippen LogP) is 3.14. The summed E-state index contributed by atoms with van der Waals surface area (Å²) in [6.07, 6.45) is 4.92. The molecule has 0 saturated carbocycles. The Morgan fingerprint density at radius 2 is 1.96 bits per heavy atom. The molecule has 0 radical (unpaired) electrons. The van der Waals surface area contributed by atoms with E-state index in [0.717, 1.165) is 57.2 Å². The second-order valence-electron chi connectivity index (χ2n) is 6.18. The predicted molar refractivity (Wildman–Crippen MR) is 97.5 cm³/mol. The van der Waals surface area contributed by atoms with Crippen molar-refractivity contribution in [3.05, 3.63) is 48.3 Å². The van der Waals surface area contributed by atoms with E-state index in [1.54, 1.807) is 6.33 Å². The summed E-state index contributed by atoms with van der Waals surface area (Å²) in [6.45, 7) is 5.52. The number of aromatic nitrogens is 2. The van der Waals surface area contributed by atoms with Crippen molar-refractivity contribution in [1.29, 1.82) is 0 Å². The molecule has 0 amide bonds. The molecule has 5 heteroatoms. The summed E-state index contributed by atoms with van der Waals surface area (Å²) >= 11 is 0. The van der Waals surface area contributed by atoms with Gasteiger partial charge < -0.3 is 15.0 Å². The Bertz CT molecular complexity index is 614. The second-order valence-corrected chi connectivity index (χ2v) is 6.18. The lowest BCUT2D eigenvalue weighted by Crippen LogP contribution is -2.36. The number of anilines is 2.